The van der Waals surface area contributed by atoms with Gasteiger partial charge in [-0.05, 0) is 38.8 Å². The minimum atomic E-state index is 0.150. The van der Waals surface area contributed by atoms with E-state index in [0.29, 0.717) is 12.6 Å². The van der Waals surface area contributed by atoms with Crippen LogP contribution in [0.2, 0.25) is 0 Å². The molecule has 1 amide bonds. The van der Waals surface area contributed by atoms with E-state index < -0.39 is 0 Å². The number of piperidine rings is 1. The van der Waals surface area contributed by atoms with Gasteiger partial charge in [0.1, 0.15) is 0 Å². The number of fused-ring (bicyclic) bond motifs is 1. The molecule has 3 aliphatic rings. The number of carbonyl (C=O) groups excluding carboxylic acids is 1. The van der Waals surface area contributed by atoms with E-state index in [9.17, 15) is 4.79 Å². The third-order valence-corrected chi connectivity index (χ3v) is 4.63. The van der Waals surface area contributed by atoms with Crippen molar-refractivity contribution in [3.05, 3.63) is 0 Å². The van der Waals surface area contributed by atoms with E-state index in [2.05, 4.69) is 15.5 Å². The summed E-state index contributed by atoms with van der Waals surface area (Å²) in [7, 11) is 0. The van der Waals surface area contributed by atoms with E-state index in [-0.39, 0.29) is 17.9 Å². The molecule has 3 atom stereocenters. The third kappa shape index (κ3) is 3.27. The van der Waals surface area contributed by atoms with Gasteiger partial charge in [-0.1, -0.05) is 0 Å². The summed E-state index contributed by atoms with van der Waals surface area (Å²) in [5.74, 6) is 0.344. The lowest BCUT2D eigenvalue weighted by Crippen LogP contribution is -2.51. The molecular weight excluding hydrogens is 242 g/mol. The zero-order chi connectivity index (χ0) is 13.1. The summed E-state index contributed by atoms with van der Waals surface area (Å²) >= 11 is 0. The molecule has 108 valence electrons. The van der Waals surface area contributed by atoms with Gasteiger partial charge in [0.05, 0.1) is 18.6 Å². The monoisotopic (exact) mass is 267 g/mol. The molecule has 0 saturated carbocycles. The first-order valence-electron chi connectivity index (χ1n) is 7.67. The van der Waals surface area contributed by atoms with Gasteiger partial charge < -0.3 is 15.4 Å². The zero-order valence-corrected chi connectivity index (χ0v) is 11.6. The van der Waals surface area contributed by atoms with Crippen LogP contribution in [0.1, 0.15) is 25.7 Å². The van der Waals surface area contributed by atoms with Gasteiger partial charge in [-0.25, -0.2) is 0 Å². The highest BCUT2D eigenvalue weighted by Gasteiger charge is 2.32. The van der Waals surface area contributed by atoms with Crippen LogP contribution in [0.5, 0.6) is 0 Å². The molecule has 0 aromatic rings. The Morgan fingerprint density at radius 2 is 2.32 bits per heavy atom. The third-order valence-electron chi connectivity index (χ3n) is 4.63. The first kappa shape index (κ1) is 13.3. The SMILES string of the molecule is O=C(NCC1CN2CCCC2CO1)C1CCCNC1. The standard InChI is InChI=1S/C14H25N3O2/c18-14(11-3-1-5-15-7-11)16-8-13-9-17-6-2-4-12(17)10-19-13/h11-13,15H,1-10H2,(H,16,18). The summed E-state index contributed by atoms with van der Waals surface area (Å²) in [4.78, 5) is 14.6. The fourth-order valence-electron chi connectivity index (χ4n) is 3.44. The van der Waals surface area contributed by atoms with Crippen LogP contribution in [0.15, 0.2) is 0 Å². The van der Waals surface area contributed by atoms with Crippen molar-refractivity contribution in [3.8, 4) is 0 Å². The minimum Gasteiger partial charge on any atom is -0.373 e. The Bertz CT molecular complexity index is 318. The lowest BCUT2D eigenvalue weighted by molar-refractivity contribution is -0.126. The van der Waals surface area contributed by atoms with Crippen LogP contribution in [-0.2, 0) is 9.53 Å². The quantitative estimate of drug-likeness (QED) is 0.754. The molecule has 2 N–H and O–H groups in total. The Hall–Kier alpha value is -0.650. The fraction of sp³-hybridized carbons (Fsp3) is 0.929. The number of nitrogens with one attached hydrogen (secondary N) is 2. The average molecular weight is 267 g/mol. The molecule has 3 unspecified atom stereocenters. The summed E-state index contributed by atoms with van der Waals surface area (Å²) in [5.41, 5.74) is 0. The van der Waals surface area contributed by atoms with E-state index in [4.69, 9.17) is 4.74 Å². The molecule has 0 radical (unpaired) electrons. The van der Waals surface area contributed by atoms with E-state index in [1.54, 1.807) is 0 Å². The smallest absolute Gasteiger partial charge is 0.224 e. The van der Waals surface area contributed by atoms with Gasteiger partial charge in [0, 0.05) is 25.7 Å². The number of carbonyl (C=O) groups is 1. The molecule has 3 fully saturated rings. The highest BCUT2D eigenvalue weighted by molar-refractivity contribution is 5.79. The Labute approximate surface area is 115 Å². The van der Waals surface area contributed by atoms with Crippen molar-refractivity contribution < 1.29 is 9.53 Å². The maximum absolute atomic E-state index is 12.0. The van der Waals surface area contributed by atoms with E-state index in [1.807, 2.05) is 0 Å². The molecule has 19 heavy (non-hydrogen) atoms. The second-order valence-corrected chi connectivity index (χ2v) is 6.03. The summed E-state index contributed by atoms with van der Waals surface area (Å²) < 4.78 is 5.86. The topological polar surface area (TPSA) is 53.6 Å². The largest absolute Gasteiger partial charge is 0.373 e. The molecule has 5 heteroatoms. The van der Waals surface area contributed by atoms with Crippen LogP contribution in [0.25, 0.3) is 0 Å². The van der Waals surface area contributed by atoms with Crippen LogP contribution < -0.4 is 10.6 Å². The lowest BCUT2D eigenvalue weighted by atomic mass is 9.99. The van der Waals surface area contributed by atoms with Crippen LogP contribution in [0.3, 0.4) is 0 Å². The molecule has 0 aromatic carbocycles. The molecule has 3 aliphatic heterocycles. The van der Waals surface area contributed by atoms with Gasteiger partial charge >= 0.3 is 0 Å². The summed E-state index contributed by atoms with van der Waals surface area (Å²) in [5, 5.41) is 6.35. The van der Waals surface area contributed by atoms with E-state index in [1.165, 1.54) is 19.4 Å². The molecule has 0 aliphatic carbocycles. The molecule has 3 heterocycles. The Morgan fingerprint density at radius 3 is 3.16 bits per heavy atom. The van der Waals surface area contributed by atoms with Gasteiger partial charge in [-0.2, -0.15) is 0 Å². The minimum absolute atomic E-state index is 0.150. The predicted molar refractivity (Wildman–Crippen MR) is 72.9 cm³/mol. The summed E-state index contributed by atoms with van der Waals surface area (Å²) in [6.45, 7) is 5.56. The molecule has 5 nitrogen and oxygen atoms in total. The molecule has 3 rings (SSSR count). The molecule has 0 aromatic heterocycles. The number of hydrogen-bond acceptors (Lipinski definition) is 4. The van der Waals surface area contributed by atoms with Crippen LogP contribution >= 0.6 is 0 Å². The Kier molecular flexibility index (Phi) is 4.35. The molecular formula is C14H25N3O2. The van der Waals surface area contributed by atoms with Gasteiger partial charge in [-0.15, -0.1) is 0 Å². The number of ether oxygens (including phenoxy) is 1. The summed E-state index contributed by atoms with van der Waals surface area (Å²) in [6, 6.07) is 0.634. The average Bonchev–Trinajstić information content (AvgIpc) is 2.93. The van der Waals surface area contributed by atoms with Crippen LogP contribution in [0.4, 0.5) is 0 Å². The van der Waals surface area contributed by atoms with Crippen molar-refractivity contribution in [3.63, 3.8) is 0 Å². The zero-order valence-electron chi connectivity index (χ0n) is 11.6. The van der Waals surface area contributed by atoms with Crippen molar-refractivity contribution in [2.45, 2.75) is 37.8 Å². The number of rotatable bonds is 3. The van der Waals surface area contributed by atoms with Gasteiger partial charge in [0.15, 0.2) is 0 Å². The van der Waals surface area contributed by atoms with E-state index >= 15 is 0 Å². The normalized spacial score (nSPS) is 35.9. The number of nitrogens with zero attached hydrogens (tertiary/aromatic N) is 1. The number of amides is 1. The molecule has 0 spiro atoms. The predicted octanol–water partition coefficient (Wildman–Crippen LogP) is -0.0346. The highest BCUT2D eigenvalue weighted by atomic mass is 16.5. The summed E-state index contributed by atoms with van der Waals surface area (Å²) in [6.07, 6.45) is 4.86. The van der Waals surface area contributed by atoms with Gasteiger partial charge in [0.2, 0.25) is 5.91 Å². The van der Waals surface area contributed by atoms with Crippen molar-refractivity contribution in [2.24, 2.45) is 5.92 Å². The Balaban J connectivity index is 1.40. The van der Waals surface area contributed by atoms with Crippen molar-refractivity contribution in [2.75, 3.05) is 39.3 Å². The first-order chi connectivity index (χ1) is 9.33. The fourth-order valence-corrected chi connectivity index (χ4v) is 3.44. The first-order valence-corrected chi connectivity index (χ1v) is 7.67. The number of hydrogen-bond donors (Lipinski definition) is 2. The molecule has 3 saturated heterocycles. The number of morpholine rings is 1. The van der Waals surface area contributed by atoms with Crippen molar-refractivity contribution in [1.82, 2.24) is 15.5 Å². The maximum Gasteiger partial charge on any atom is 0.224 e. The molecule has 0 bridgehead atoms. The second kappa shape index (κ2) is 6.20. The van der Waals surface area contributed by atoms with Crippen LogP contribution in [0, 0.1) is 5.92 Å². The highest BCUT2D eigenvalue weighted by Crippen LogP contribution is 2.22. The lowest BCUT2D eigenvalue weighted by Gasteiger charge is -2.35. The van der Waals surface area contributed by atoms with Gasteiger partial charge in [0.25, 0.3) is 0 Å². The Morgan fingerprint density at radius 1 is 1.37 bits per heavy atom. The van der Waals surface area contributed by atoms with Gasteiger partial charge in [-0.3, -0.25) is 9.69 Å². The van der Waals surface area contributed by atoms with Crippen molar-refractivity contribution in [1.29, 1.82) is 0 Å². The maximum atomic E-state index is 12.0. The second-order valence-electron chi connectivity index (χ2n) is 6.03. The van der Waals surface area contributed by atoms with Crippen molar-refractivity contribution >= 4 is 5.91 Å². The van der Waals surface area contributed by atoms with Crippen LogP contribution in [-0.4, -0.2) is 62.3 Å². The van der Waals surface area contributed by atoms with E-state index in [0.717, 1.165) is 39.1 Å².